The number of carbonyl (C=O) groups excluding carboxylic acids is 2. The number of ether oxygens (including phenoxy) is 2. The van der Waals surface area contributed by atoms with E-state index < -0.39 is 29.4 Å². The zero-order chi connectivity index (χ0) is 27.9. The van der Waals surface area contributed by atoms with Crippen LogP contribution in [0.1, 0.15) is 81.5 Å². The Morgan fingerprint density at radius 2 is 1.74 bits per heavy atom. The average Bonchev–Trinajstić information content (AvgIpc) is 3.50. The van der Waals surface area contributed by atoms with Crippen molar-refractivity contribution in [2.75, 3.05) is 13.7 Å². The van der Waals surface area contributed by atoms with E-state index in [4.69, 9.17) is 9.47 Å². The summed E-state index contributed by atoms with van der Waals surface area (Å²) in [6, 6.07) is 2.10. The molecule has 0 spiro atoms. The van der Waals surface area contributed by atoms with Crippen molar-refractivity contribution < 1.29 is 38.5 Å². The minimum atomic E-state index is -1.80. The molecule has 4 fully saturated rings. The summed E-state index contributed by atoms with van der Waals surface area (Å²) < 4.78 is 26.0. The highest BCUT2D eigenvalue weighted by atomic mass is 19.1. The number of rotatable bonds is 9. The molecule has 0 heterocycles. The first-order chi connectivity index (χ1) is 18.5. The van der Waals surface area contributed by atoms with Gasteiger partial charge >= 0.3 is 5.97 Å². The van der Waals surface area contributed by atoms with Gasteiger partial charge in [0, 0.05) is 18.7 Å². The maximum atomic E-state index is 14.9. The van der Waals surface area contributed by atoms with Gasteiger partial charge in [-0.05, 0) is 81.1 Å². The van der Waals surface area contributed by atoms with Crippen LogP contribution in [0.15, 0.2) is 12.1 Å². The molecule has 0 unspecified atom stereocenters. The third kappa shape index (κ3) is 5.44. The minimum Gasteiger partial charge on any atom is -0.496 e. The molecule has 0 radical (unpaired) electrons. The zero-order valence-corrected chi connectivity index (χ0v) is 22.6. The topological polar surface area (TPSA) is 134 Å². The second kappa shape index (κ2) is 10.6. The lowest BCUT2D eigenvalue weighted by molar-refractivity contribution is -0.163. The van der Waals surface area contributed by atoms with Gasteiger partial charge in [0.05, 0.1) is 24.7 Å². The summed E-state index contributed by atoms with van der Waals surface area (Å²) in [5.41, 5.74) is -1.53. The van der Waals surface area contributed by atoms with Gasteiger partial charge in [-0.1, -0.05) is 13.3 Å². The molecule has 4 N–H and O–H groups in total. The fourth-order valence-corrected chi connectivity index (χ4v) is 7.03. The first-order valence-electron chi connectivity index (χ1n) is 14.1. The van der Waals surface area contributed by atoms with Crippen molar-refractivity contribution in [3.63, 3.8) is 0 Å². The van der Waals surface area contributed by atoms with E-state index in [1.165, 1.54) is 19.6 Å². The van der Waals surface area contributed by atoms with Crippen LogP contribution in [0.5, 0.6) is 11.5 Å². The van der Waals surface area contributed by atoms with Crippen molar-refractivity contribution in [2.45, 2.75) is 88.9 Å². The number of carbonyl (C=O) groups is 3. The van der Waals surface area contributed by atoms with E-state index in [0.29, 0.717) is 6.54 Å². The summed E-state index contributed by atoms with van der Waals surface area (Å²) in [5, 5.41) is 25.6. The molecule has 2 amide bonds. The van der Waals surface area contributed by atoms with Crippen LogP contribution in [0.4, 0.5) is 4.39 Å². The number of benzene rings is 1. The number of hydrogen-bond donors (Lipinski definition) is 4. The van der Waals surface area contributed by atoms with Gasteiger partial charge in [-0.2, -0.15) is 0 Å². The van der Waals surface area contributed by atoms with Gasteiger partial charge in [-0.25, -0.2) is 9.18 Å². The predicted octanol–water partition coefficient (Wildman–Crippen LogP) is 3.42. The molecule has 4 aliphatic carbocycles. The fourth-order valence-electron chi connectivity index (χ4n) is 7.03. The highest BCUT2D eigenvalue weighted by Gasteiger charge is 2.52. The summed E-state index contributed by atoms with van der Waals surface area (Å²) in [6.45, 7) is 2.84. The Kier molecular flexibility index (Phi) is 7.52. The third-order valence-corrected chi connectivity index (χ3v) is 9.72. The van der Waals surface area contributed by atoms with Gasteiger partial charge in [0.15, 0.2) is 17.2 Å². The molecule has 1 aromatic rings. The molecule has 10 heteroatoms. The Morgan fingerprint density at radius 1 is 1.05 bits per heavy atom. The number of nitrogens with one attached hydrogen (secondary N) is 2. The van der Waals surface area contributed by atoms with Crippen LogP contribution in [0.3, 0.4) is 0 Å². The maximum Gasteiger partial charge on any atom is 0.335 e. The van der Waals surface area contributed by atoms with Gasteiger partial charge in [0.25, 0.3) is 5.91 Å². The number of fused-ring (bicyclic) bond motifs is 2. The highest BCUT2D eigenvalue weighted by Crippen LogP contribution is 2.49. The molecule has 4 saturated carbocycles. The lowest BCUT2D eigenvalue weighted by Gasteiger charge is -2.39. The Balaban J connectivity index is 1.28. The molecule has 4 atom stereocenters. The molecular weight excluding hydrogens is 507 g/mol. The smallest absolute Gasteiger partial charge is 0.335 e. The van der Waals surface area contributed by atoms with Crippen LogP contribution in [0.2, 0.25) is 0 Å². The van der Waals surface area contributed by atoms with Gasteiger partial charge in [0.2, 0.25) is 5.91 Å². The molecule has 39 heavy (non-hydrogen) atoms. The second-order valence-corrected chi connectivity index (χ2v) is 12.4. The summed E-state index contributed by atoms with van der Waals surface area (Å²) in [7, 11) is 1.36. The summed E-state index contributed by atoms with van der Waals surface area (Å²) in [4.78, 5) is 38.1. The minimum absolute atomic E-state index is 0.00524. The Bertz CT molecular complexity index is 1130. The van der Waals surface area contributed by atoms with Crippen LogP contribution < -0.4 is 20.1 Å². The zero-order valence-electron chi connectivity index (χ0n) is 22.6. The van der Waals surface area contributed by atoms with Gasteiger partial charge in [0.1, 0.15) is 5.75 Å². The lowest BCUT2D eigenvalue weighted by atomic mass is 9.70. The molecule has 9 nitrogen and oxygen atoms in total. The van der Waals surface area contributed by atoms with Crippen molar-refractivity contribution in [3.05, 3.63) is 23.5 Å². The lowest BCUT2D eigenvalue weighted by Crippen LogP contribution is -2.51. The van der Waals surface area contributed by atoms with Crippen molar-refractivity contribution in [2.24, 2.45) is 23.2 Å². The molecule has 0 aromatic heterocycles. The largest absolute Gasteiger partial charge is 0.496 e. The van der Waals surface area contributed by atoms with Crippen LogP contribution in [0.25, 0.3) is 0 Å². The maximum absolute atomic E-state index is 14.9. The van der Waals surface area contributed by atoms with Crippen molar-refractivity contribution >= 4 is 17.8 Å². The van der Waals surface area contributed by atoms with Crippen molar-refractivity contribution in [3.8, 4) is 11.5 Å². The standard InChI is InChI=1S/C29H39FN2O7/c1-28(8-3-9-28)15-31-26(34)23-16-4-5-17(12-16)24(23)32-25(33)19-13-22(20(30)14-21(19)38-2)39-18-6-10-29(37,11-7-18)27(35)36/h13-14,16-18,23-24,37H,3-12,15H2,1-2H3,(H,31,34)(H,32,33)(H,35,36)/t16-,17+,18?,23+,24-,29?/m1/s1. The molecule has 4 aliphatic rings. The van der Waals surface area contributed by atoms with Crippen LogP contribution >= 0.6 is 0 Å². The van der Waals surface area contributed by atoms with Gasteiger partial charge < -0.3 is 30.3 Å². The number of aliphatic carboxylic acids is 1. The van der Waals surface area contributed by atoms with E-state index in [2.05, 4.69) is 17.6 Å². The normalized spacial score (nSPS) is 32.7. The second-order valence-electron chi connectivity index (χ2n) is 12.4. The third-order valence-electron chi connectivity index (χ3n) is 9.72. The van der Waals surface area contributed by atoms with E-state index in [1.54, 1.807) is 0 Å². The van der Waals surface area contributed by atoms with Crippen LogP contribution in [-0.4, -0.2) is 59.4 Å². The first kappa shape index (κ1) is 27.7. The Morgan fingerprint density at radius 3 is 2.36 bits per heavy atom. The van der Waals surface area contributed by atoms with E-state index in [9.17, 15) is 29.0 Å². The van der Waals surface area contributed by atoms with E-state index in [1.807, 2.05) is 0 Å². The van der Waals surface area contributed by atoms with Crippen LogP contribution in [0, 0.1) is 29.0 Å². The molecular formula is C29H39FN2O7. The molecule has 2 bridgehead atoms. The monoisotopic (exact) mass is 546 g/mol. The highest BCUT2D eigenvalue weighted by molar-refractivity contribution is 5.98. The quantitative estimate of drug-likeness (QED) is 0.373. The molecule has 1 aromatic carbocycles. The van der Waals surface area contributed by atoms with E-state index in [0.717, 1.165) is 38.2 Å². The number of amides is 2. The number of halogens is 1. The fraction of sp³-hybridized carbons (Fsp3) is 0.690. The number of methoxy groups -OCH3 is 1. The Labute approximate surface area is 227 Å². The molecule has 214 valence electrons. The van der Waals surface area contributed by atoms with Crippen molar-refractivity contribution in [1.29, 1.82) is 0 Å². The van der Waals surface area contributed by atoms with Gasteiger partial charge in [-0.15, -0.1) is 0 Å². The number of carboxylic acids is 1. The summed E-state index contributed by atoms with van der Waals surface area (Å²) in [5.74, 6) is -2.37. The predicted molar refractivity (Wildman–Crippen MR) is 139 cm³/mol. The van der Waals surface area contributed by atoms with Crippen LogP contribution in [-0.2, 0) is 9.59 Å². The molecule has 0 saturated heterocycles. The van der Waals surface area contributed by atoms with E-state index >= 15 is 0 Å². The SMILES string of the molecule is COc1cc(F)c(OC2CCC(O)(C(=O)O)CC2)cc1C(=O)N[C@@H]1[C@H]2CC[C@H](C2)[C@@H]1C(=O)NCC1(C)CCC1. The summed E-state index contributed by atoms with van der Waals surface area (Å²) >= 11 is 0. The summed E-state index contributed by atoms with van der Waals surface area (Å²) in [6.07, 6.45) is 6.19. The Hall–Kier alpha value is -2.88. The molecule has 0 aliphatic heterocycles. The van der Waals surface area contributed by atoms with E-state index in [-0.39, 0.29) is 77.9 Å². The first-order valence-corrected chi connectivity index (χ1v) is 14.1. The number of hydrogen-bond acceptors (Lipinski definition) is 6. The average molecular weight is 547 g/mol. The van der Waals surface area contributed by atoms with Gasteiger partial charge in [-0.3, -0.25) is 9.59 Å². The van der Waals surface area contributed by atoms with Crippen molar-refractivity contribution in [1.82, 2.24) is 10.6 Å². The number of aliphatic hydroxyl groups is 1. The molecule has 5 rings (SSSR count). The number of carboxylic acid groups (broad SMARTS) is 1.